The first-order chi connectivity index (χ1) is 34.8. The summed E-state index contributed by atoms with van der Waals surface area (Å²) >= 11 is 1.45. The number of unbranched alkanes of at least 4 members (excludes halogenated alkanes) is 24. The second-order valence-corrected chi connectivity index (χ2v) is 23.4. The second-order valence-electron chi connectivity index (χ2n) is 22.3. The van der Waals surface area contributed by atoms with E-state index in [1.54, 1.807) is 60.6 Å². The predicted molar refractivity (Wildman–Crippen MR) is 299 cm³/mol. The minimum atomic E-state index is -1.10. The van der Waals surface area contributed by atoms with Crippen molar-refractivity contribution in [2.75, 3.05) is 11.5 Å². The number of ketones is 1. The number of thioether (sulfide) groups is 1. The molecule has 0 spiro atoms. The number of nitrogens with one attached hydrogen (secondary N) is 1. The van der Waals surface area contributed by atoms with Gasteiger partial charge in [0, 0.05) is 42.8 Å². The van der Waals surface area contributed by atoms with Gasteiger partial charge in [0.1, 0.15) is 29.5 Å². The number of carbonyl (C=O) groups excluding carboxylic acids is 6. The number of nitrogens with two attached hydrogens (primary N) is 1. The first-order valence-corrected chi connectivity index (χ1v) is 30.0. The van der Waals surface area contributed by atoms with Gasteiger partial charge in [-0.25, -0.2) is 4.79 Å². The smallest absolute Gasteiger partial charge is 0.329 e. The highest BCUT2D eigenvalue weighted by Gasteiger charge is 2.30. The van der Waals surface area contributed by atoms with Crippen molar-refractivity contribution in [2.45, 2.75) is 297 Å². The van der Waals surface area contributed by atoms with Gasteiger partial charge in [-0.15, -0.1) is 0 Å². The summed E-state index contributed by atoms with van der Waals surface area (Å²) in [7, 11) is 0. The van der Waals surface area contributed by atoms with Crippen molar-refractivity contribution < 1.29 is 47.7 Å². The van der Waals surface area contributed by atoms with Crippen molar-refractivity contribution in [2.24, 2.45) is 5.73 Å². The highest BCUT2D eigenvalue weighted by atomic mass is 32.2. The van der Waals surface area contributed by atoms with Crippen LogP contribution < -0.4 is 11.1 Å². The Bertz CT molecular complexity index is 1660. The minimum absolute atomic E-state index is 0.0165. The molecule has 1 amide bonds. The number of rotatable bonds is 44. The summed E-state index contributed by atoms with van der Waals surface area (Å²) in [4.78, 5) is 78.2. The third-order valence-corrected chi connectivity index (χ3v) is 13.9. The maximum atomic E-state index is 13.3. The molecule has 1 aromatic carbocycles. The largest absolute Gasteiger partial charge is 0.460 e. The molecule has 0 saturated carbocycles. The Morgan fingerprint density at radius 1 is 0.534 bits per heavy atom. The molecule has 0 aliphatic carbocycles. The molecule has 4 unspecified atom stereocenters. The zero-order valence-electron chi connectivity index (χ0n) is 47.5. The van der Waals surface area contributed by atoms with Gasteiger partial charge in [-0.05, 0) is 85.4 Å². The monoisotopic (exact) mass is 1040 g/mol. The van der Waals surface area contributed by atoms with Crippen LogP contribution in [-0.4, -0.2) is 76.5 Å². The van der Waals surface area contributed by atoms with Crippen molar-refractivity contribution in [3.8, 4) is 0 Å². The Morgan fingerprint density at radius 3 is 1.37 bits per heavy atom. The molecule has 12 nitrogen and oxygen atoms in total. The van der Waals surface area contributed by atoms with Gasteiger partial charge in [0.05, 0.1) is 6.04 Å². The van der Waals surface area contributed by atoms with Crippen molar-refractivity contribution in [3.63, 3.8) is 0 Å². The fraction of sp³-hybridized carbons (Fsp3) is 0.800. The highest BCUT2D eigenvalue weighted by molar-refractivity contribution is 7.99. The zero-order chi connectivity index (χ0) is 54.3. The number of hydrogen-bond donors (Lipinski definition) is 2. The van der Waals surface area contributed by atoms with Crippen LogP contribution >= 0.6 is 11.8 Å². The van der Waals surface area contributed by atoms with E-state index in [4.69, 9.17) is 24.7 Å². The van der Waals surface area contributed by atoms with Crippen LogP contribution in [0.25, 0.3) is 0 Å². The molecule has 0 saturated heterocycles. The van der Waals surface area contributed by atoms with E-state index in [-0.39, 0.29) is 42.5 Å². The number of amides is 1. The van der Waals surface area contributed by atoms with Crippen LogP contribution in [-0.2, 0) is 42.9 Å². The first kappa shape index (κ1) is 67.6. The summed E-state index contributed by atoms with van der Waals surface area (Å²) < 4.78 is 22.7. The molecule has 0 aliphatic heterocycles. The van der Waals surface area contributed by atoms with Gasteiger partial charge >= 0.3 is 23.9 Å². The molecular weight excluding hydrogens is 941 g/mol. The van der Waals surface area contributed by atoms with Gasteiger partial charge in [-0.3, -0.25) is 24.0 Å². The summed E-state index contributed by atoms with van der Waals surface area (Å²) in [6, 6.07) is 4.23. The standard InChI is InChI=1S/C60H104N2O10S/c1-10-12-14-16-18-20-22-24-26-28-30-32-34-36-53(64)69-47(3)52(70-54(65)37-35-33-31-29-27-25-23-21-19-17-15-13-11-2)46-73-45-44-51(63)56(61)48-38-40-49(41-39-48)57(67)62-50(58(68)72-60(7,8)9)42-43-55(66)71-59(4,5)6/h38-41,47,50,52,56H,10-37,42-46,61H2,1-9H3,(H,62,67). The summed E-state index contributed by atoms with van der Waals surface area (Å²) in [5, 5.41) is 2.69. The third-order valence-electron chi connectivity index (χ3n) is 12.8. The van der Waals surface area contributed by atoms with Gasteiger partial charge in [-0.2, -0.15) is 11.8 Å². The molecule has 4 atom stereocenters. The van der Waals surface area contributed by atoms with E-state index in [0.717, 1.165) is 38.5 Å². The van der Waals surface area contributed by atoms with E-state index < -0.39 is 53.3 Å². The molecule has 3 N–H and O–H groups in total. The second kappa shape index (κ2) is 40.8. The molecule has 1 rings (SSSR count). The molecule has 73 heavy (non-hydrogen) atoms. The predicted octanol–water partition coefficient (Wildman–Crippen LogP) is 14.7. The van der Waals surface area contributed by atoms with Gasteiger partial charge in [0.25, 0.3) is 5.91 Å². The summed E-state index contributed by atoms with van der Waals surface area (Å²) in [6.45, 7) is 16.7. The normalized spacial score (nSPS) is 13.4. The summed E-state index contributed by atoms with van der Waals surface area (Å²) in [5.41, 5.74) is 5.65. The van der Waals surface area contributed by atoms with E-state index in [1.165, 1.54) is 152 Å². The van der Waals surface area contributed by atoms with Crippen LogP contribution in [0.2, 0.25) is 0 Å². The number of benzene rings is 1. The Hall–Kier alpha value is -3.45. The lowest BCUT2D eigenvalue weighted by molar-refractivity contribution is -0.165. The topological polar surface area (TPSA) is 177 Å². The highest BCUT2D eigenvalue weighted by Crippen LogP contribution is 2.22. The number of Topliss-reactive ketones (excluding diaryl/α,β-unsaturated/α-hetero) is 1. The fourth-order valence-corrected chi connectivity index (χ4v) is 9.57. The SMILES string of the molecule is CCCCCCCCCCCCCCCC(=O)OC(C)C(CSCCC(=O)C(N)c1ccc(C(=O)NC(CCC(=O)OC(C)(C)C)C(=O)OC(C)(C)C)cc1)OC(=O)CCCCCCCCCCCCCCC. The Labute approximate surface area is 448 Å². The van der Waals surface area contributed by atoms with Crippen LogP contribution in [0.1, 0.15) is 283 Å². The first-order valence-electron chi connectivity index (χ1n) is 28.9. The van der Waals surface area contributed by atoms with Gasteiger partial charge in [0.15, 0.2) is 5.78 Å². The average Bonchev–Trinajstić information content (AvgIpc) is 3.32. The lowest BCUT2D eigenvalue weighted by Crippen LogP contribution is -2.44. The molecule has 0 radical (unpaired) electrons. The molecule has 0 aromatic heterocycles. The van der Waals surface area contributed by atoms with Crippen molar-refractivity contribution in [1.82, 2.24) is 5.32 Å². The molecule has 0 heterocycles. The van der Waals surface area contributed by atoms with Gasteiger partial charge < -0.3 is 30.0 Å². The Kier molecular flexibility index (Phi) is 37.8. The van der Waals surface area contributed by atoms with E-state index in [2.05, 4.69) is 19.2 Å². The average molecular weight is 1050 g/mol. The van der Waals surface area contributed by atoms with E-state index in [0.29, 0.717) is 29.9 Å². The number of carbonyl (C=O) groups is 6. The van der Waals surface area contributed by atoms with Crippen LogP contribution in [0.4, 0.5) is 0 Å². The third kappa shape index (κ3) is 37.0. The van der Waals surface area contributed by atoms with Crippen LogP contribution in [0.5, 0.6) is 0 Å². The minimum Gasteiger partial charge on any atom is -0.460 e. The quantitative estimate of drug-likeness (QED) is 0.0360. The summed E-state index contributed by atoms with van der Waals surface area (Å²) in [5.74, 6) is -1.75. The fourth-order valence-electron chi connectivity index (χ4n) is 8.48. The zero-order valence-corrected chi connectivity index (χ0v) is 48.3. The van der Waals surface area contributed by atoms with Crippen LogP contribution in [0.3, 0.4) is 0 Å². The molecule has 0 aliphatic rings. The Morgan fingerprint density at radius 2 is 0.945 bits per heavy atom. The molecular formula is C60H104N2O10S. The van der Waals surface area contributed by atoms with Crippen LogP contribution in [0.15, 0.2) is 24.3 Å². The maximum absolute atomic E-state index is 13.3. The number of hydrogen-bond acceptors (Lipinski definition) is 12. The van der Waals surface area contributed by atoms with Crippen LogP contribution in [0, 0.1) is 0 Å². The molecule has 420 valence electrons. The molecule has 0 fully saturated rings. The van der Waals surface area contributed by atoms with Crippen molar-refractivity contribution >= 4 is 47.3 Å². The number of esters is 4. The number of ether oxygens (including phenoxy) is 4. The lowest BCUT2D eigenvalue weighted by atomic mass is 10.0. The molecule has 0 bridgehead atoms. The van der Waals surface area contributed by atoms with Gasteiger partial charge in [0.2, 0.25) is 0 Å². The lowest BCUT2D eigenvalue weighted by Gasteiger charge is -2.25. The van der Waals surface area contributed by atoms with Gasteiger partial charge in [-0.1, -0.05) is 180 Å². The van der Waals surface area contributed by atoms with Crippen molar-refractivity contribution in [3.05, 3.63) is 35.4 Å². The van der Waals surface area contributed by atoms with E-state index in [9.17, 15) is 28.8 Å². The molecule has 13 heteroatoms. The van der Waals surface area contributed by atoms with Crippen molar-refractivity contribution in [1.29, 1.82) is 0 Å². The van der Waals surface area contributed by atoms with E-state index in [1.807, 2.05) is 0 Å². The van der Waals surface area contributed by atoms with E-state index >= 15 is 0 Å². The maximum Gasteiger partial charge on any atom is 0.329 e. The molecule has 1 aromatic rings. The summed E-state index contributed by atoms with van der Waals surface area (Å²) in [6.07, 6.45) is 31.1. The Balaban J connectivity index is 2.74.